The molecule has 0 aliphatic carbocycles. The Morgan fingerprint density at radius 1 is 0.875 bits per heavy atom. The topological polar surface area (TPSA) is 55.4 Å². The second-order valence-corrected chi connectivity index (χ2v) is 7.48. The number of hydrogen-bond donors (Lipinski definition) is 1. The number of methoxy groups -OCH3 is 1. The van der Waals surface area contributed by atoms with Gasteiger partial charge < -0.3 is 4.74 Å². The van der Waals surface area contributed by atoms with Crippen LogP contribution in [0.1, 0.15) is 11.1 Å². The average molecular weight is 341 g/mol. The zero-order valence-corrected chi connectivity index (χ0v) is 14.6. The van der Waals surface area contributed by atoms with Gasteiger partial charge in [-0.25, -0.2) is 8.42 Å². The monoisotopic (exact) mass is 341 g/mol. The molecule has 0 aliphatic heterocycles. The maximum absolute atomic E-state index is 12.7. The zero-order valence-electron chi connectivity index (χ0n) is 13.8. The van der Waals surface area contributed by atoms with Gasteiger partial charge >= 0.3 is 0 Å². The highest BCUT2D eigenvalue weighted by Gasteiger charge is 2.16. The number of ether oxygens (including phenoxy) is 1. The highest BCUT2D eigenvalue weighted by atomic mass is 32.2. The highest BCUT2D eigenvalue weighted by molar-refractivity contribution is 7.92. The Bertz CT molecular complexity index is 1010. The molecule has 4 nitrogen and oxygen atoms in total. The molecule has 0 spiro atoms. The summed E-state index contributed by atoms with van der Waals surface area (Å²) in [4.78, 5) is 0.236. The van der Waals surface area contributed by atoms with E-state index in [1.54, 1.807) is 31.4 Å². The fourth-order valence-electron chi connectivity index (χ4n) is 2.63. The quantitative estimate of drug-likeness (QED) is 0.771. The lowest BCUT2D eigenvalue weighted by Gasteiger charge is -2.12. The van der Waals surface area contributed by atoms with E-state index in [1.165, 1.54) is 0 Å². The molecule has 0 aliphatic rings. The van der Waals surface area contributed by atoms with Crippen molar-refractivity contribution in [3.63, 3.8) is 0 Å². The van der Waals surface area contributed by atoms with Crippen molar-refractivity contribution in [3.8, 4) is 5.75 Å². The van der Waals surface area contributed by atoms with Gasteiger partial charge in [0.25, 0.3) is 10.0 Å². The summed E-state index contributed by atoms with van der Waals surface area (Å²) in [5.74, 6) is 0.742. The molecule has 124 valence electrons. The van der Waals surface area contributed by atoms with Crippen LogP contribution >= 0.6 is 0 Å². The van der Waals surface area contributed by atoms with Crippen molar-refractivity contribution in [1.29, 1.82) is 0 Å². The van der Waals surface area contributed by atoms with E-state index in [1.807, 2.05) is 44.2 Å². The molecular formula is C19H19NO3S. The number of sulfonamides is 1. The molecule has 1 N–H and O–H groups in total. The number of anilines is 1. The van der Waals surface area contributed by atoms with Crippen LogP contribution in [0.4, 0.5) is 5.69 Å². The first-order valence-corrected chi connectivity index (χ1v) is 9.05. The molecule has 0 heterocycles. The van der Waals surface area contributed by atoms with Crippen molar-refractivity contribution >= 4 is 26.5 Å². The maximum Gasteiger partial charge on any atom is 0.261 e. The van der Waals surface area contributed by atoms with Crippen molar-refractivity contribution in [1.82, 2.24) is 0 Å². The normalized spacial score (nSPS) is 11.5. The summed E-state index contributed by atoms with van der Waals surface area (Å²) in [6.45, 7) is 3.86. The Hall–Kier alpha value is -2.53. The molecule has 3 aromatic carbocycles. The number of nitrogens with one attached hydrogen (secondary N) is 1. The van der Waals surface area contributed by atoms with E-state index in [2.05, 4.69) is 4.72 Å². The van der Waals surface area contributed by atoms with Gasteiger partial charge in [-0.15, -0.1) is 0 Å². The lowest BCUT2D eigenvalue weighted by Crippen LogP contribution is -2.13. The molecule has 3 aromatic rings. The molecule has 5 heteroatoms. The van der Waals surface area contributed by atoms with E-state index in [0.717, 1.165) is 27.6 Å². The van der Waals surface area contributed by atoms with Gasteiger partial charge in [-0.3, -0.25) is 4.72 Å². The summed E-state index contributed by atoms with van der Waals surface area (Å²) >= 11 is 0. The van der Waals surface area contributed by atoms with Crippen LogP contribution in [0.25, 0.3) is 10.8 Å². The molecule has 0 radical (unpaired) electrons. The predicted octanol–water partition coefficient (Wildman–Crippen LogP) is 4.27. The SMILES string of the molecule is COc1ccc2cc(S(=O)(=O)Nc3ccc(C)cc3C)ccc2c1. The van der Waals surface area contributed by atoms with Gasteiger partial charge in [0, 0.05) is 0 Å². The van der Waals surface area contributed by atoms with Crippen LogP contribution in [-0.4, -0.2) is 15.5 Å². The Balaban J connectivity index is 1.98. The van der Waals surface area contributed by atoms with Gasteiger partial charge in [0.1, 0.15) is 5.75 Å². The second kappa shape index (κ2) is 6.17. The summed E-state index contributed by atoms with van der Waals surface area (Å²) in [6, 6.07) is 16.2. The first-order valence-electron chi connectivity index (χ1n) is 7.57. The number of hydrogen-bond acceptors (Lipinski definition) is 3. The molecule has 0 aromatic heterocycles. The Morgan fingerprint density at radius 2 is 1.58 bits per heavy atom. The van der Waals surface area contributed by atoms with E-state index >= 15 is 0 Å². The van der Waals surface area contributed by atoms with E-state index < -0.39 is 10.0 Å². The van der Waals surface area contributed by atoms with E-state index in [9.17, 15) is 8.42 Å². The van der Waals surface area contributed by atoms with Crippen LogP contribution in [0.3, 0.4) is 0 Å². The van der Waals surface area contributed by atoms with Crippen molar-refractivity contribution < 1.29 is 13.2 Å². The largest absolute Gasteiger partial charge is 0.497 e. The molecule has 3 rings (SSSR count). The molecular weight excluding hydrogens is 322 g/mol. The van der Waals surface area contributed by atoms with Crippen LogP contribution in [0, 0.1) is 13.8 Å². The van der Waals surface area contributed by atoms with Gasteiger partial charge in [-0.05, 0) is 60.5 Å². The van der Waals surface area contributed by atoms with Gasteiger partial charge in [0.15, 0.2) is 0 Å². The van der Waals surface area contributed by atoms with E-state index in [-0.39, 0.29) is 4.90 Å². The van der Waals surface area contributed by atoms with Crippen LogP contribution in [0.5, 0.6) is 5.75 Å². The molecule has 0 atom stereocenters. The summed E-state index contributed by atoms with van der Waals surface area (Å²) in [5, 5.41) is 1.78. The average Bonchev–Trinajstić information content (AvgIpc) is 2.56. The first kappa shape index (κ1) is 16.3. The van der Waals surface area contributed by atoms with Gasteiger partial charge in [0.05, 0.1) is 17.7 Å². The maximum atomic E-state index is 12.7. The summed E-state index contributed by atoms with van der Waals surface area (Å²) < 4.78 is 33.2. The molecule has 24 heavy (non-hydrogen) atoms. The summed E-state index contributed by atoms with van der Waals surface area (Å²) in [7, 11) is -2.03. The second-order valence-electron chi connectivity index (χ2n) is 5.80. The predicted molar refractivity (Wildman–Crippen MR) is 97.2 cm³/mol. The van der Waals surface area contributed by atoms with E-state index in [0.29, 0.717) is 5.69 Å². The minimum absolute atomic E-state index is 0.236. The Morgan fingerprint density at radius 3 is 2.29 bits per heavy atom. The Kier molecular flexibility index (Phi) is 4.20. The van der Waals surface area contributed by atoms with Crippen LogP contribution in [-0.2, 0) is 10.0 Å². The summed E-state index contributed by atoms with van der Waals surface area (Å²) in [6.07, 6.45) is 0. The minimum atomic E-state index is -3.64. The number of rotatable bonds is 4. The fraction of sp³-hybridized carbons (Fsp3) is 0.158. The summed E-state index contributed by atoms with van der Waals surface area (Å²) in [5.41, 5.74) is 2.58. The smallest absolute Gasteiger partial charge is 0.261 e. The van der Waals surface area contributed by atoms with Crippen LogP contribution in [0.2, 0.25) is 0 Å². The molecule has 0 saturated heterocycles. The Labute approximate surface area is 142 Å². The number of fused-ring (bicyclic) bond motifs is 1. The number of aryl methyl sites for hydroxylation is 2. The molecule has 0 amide bonds. The molecule has 0 bridgehead atoms. The third-order valence-corrected chi connectivity index (χ3v) is 5.32. The molecule has 0 fully saturated rings. The number of benzene rings is 3. The molecule has 0 saturated carbocycles. The van der Waals surface area contributed by atoms with Crippen molar-refractivity contribution in [2.75, 3.05) is 11.8 Å². The standard InChI is InChI=1S/C19H19NO3S/c1-13-4-9-19(14(2)10-13)20-24(21,22)18-8-6-15-11-17(23-3)7-5-16(15)12-18/h4-12,20H,1-3H3. The minimum Gasteiger partial charge on any atom is -0.497 e. The fourth-order valence-corrected chi connectivity index (χ4v) is 3.79. The van der Waals surface area contributed by atoms with Crippen LogP contribution in [0.15, 0.2) is 59.5 Å². The first-order chi connectivity index (χ1) is 11.4. The van der Waals surface area contributed by atoms with Crippen molar-refractivity contribution in [3.05, 3.63) is 65.7 Å². The zero-order chi connectivity index (χ0) is 17.3. The van der Waals surface area contributed by atoms with Crippen molar-refractivity contribution in [2.45, 2.75) is 18.7 Å². The van der Waals surface area contributed by atoms with Crippen LogP contribution < -0.4 is 9.46 Å². The van der Waals surface area contributed by atoms with E-state index in [4.69, 9.17) is 4.74 Å². The van der Waals surface area contributed by atoms with Crippen molar-refractivity contribution in [2.24, 2.45) is 0 Å². The third-order valence-electron chi connectivity index (χ3n) is 3.96. The molecule has 0 unspecified atom stereocenters. The lowest BCUT2D eigenvalue weighted by atomic mass is 10.1. The highest BCUT2D eigenvalue weighted by Crippen LogP contribution is 2.25. The van der Waals surface area contributed by atoms with Gasteiger partial charge in [-0.1, -0.05) is 29.8 Å². The van der Waals surface area contributed by atoms with Gasteiger partial charge in [0.2, 0.25) is 0 Å². The van der Waals surface area contributed by atoms with Gasteiger partial charge in [-0.2, -0.15) is 0 Å². The lowest BCUT2D eigenvalue weighted by molar-refractivity contribution is 0.415. The third kappa shape index (κ3) is 3.21.